The highest BCUT2D eigenvalue weighted by molar-refractivity contribution is 5.71. The minimum absolute atomic E-state index is 0.179. The molecule has 0 spiro atoms. The van der Waals surface area contributed by atoms with E-state index in [1.165, 1.54) is 0 Å². The van der Waals surface area contributed by atoms with Gasteiger partial charge < -0.3 is 14.2 Å². The van der Waals surface area contributed by atoms with Gasteiger partial charge in [0.05, 0.1) is 13.2 Å². The lowest BCUT2D eigenvalue weighted by Crippen LogP contribution is -2.31. The molecule has 0 radical (unpaired) electrons. The third-order valence-corrected chi connectivity index (χ3v) is 3.04. The first-order valence-electron chi connectivity index (χ1n) is 6.99. The highest BCUT2D eigenvalue weighted by atomic mass is 16.7. The molecule has 1 heterocycles. The number of nitrogens with zero attached hydrogens (tertiary/aromatic N) is 1. The molecule has 0 saturated heterocycles. The van der Waals surface area contributed by atoms with Gasteiger partial charge in [0.2, 0.25) is 6.79 Å². The SMILES string of the molecule is CCCN(CC(=O)OCC)Cc1ccc2c(c1)OCO2. The van der Waals surface area contributed by atoms with Crippen LogP contribution in [0.2, 0.25) is 0 Å². The molecule has 0 unspecified atom stereocenters. The quantitative estimate of drug-likeness (QED) is 0.716. The summed E-state index contributed by atoms with van der Waals surface area (Å²) < 4.78 is 15.7. The van der Waals surface area contributed by atoms with Gasteiger partial charge in [0.25, 0.3) is 0 Å². The van der Waals surface area contributed by atoms with Crippen molar-refractivity contribution in [1.82, 2.24) is 4.90 Å². The van der Waals surface area contributed by atoms with Gasteiger partial charge in [0.1, 0.15) is 0 Å². The van der Waals surface area contributed by atoms with Crippen molar-refractivity contribution in [2.75, 3.05) is 26.5 Å². The van der Waals surface area contributed by atoms with E-state index >= 15 is 0 Å². The molecule has 5 nitrogen and oxygen atoms in total. The zero-order valence-electron chi connectivity index (χ0n) is 12.1. The van der Waals surface area contributed by atoms with E-state index in [1.54, 1.807) is 0 Å². The number of rotatable bonds is 7. The standard InChI is InChI=1S/C15H21NO4/c1-3-7-16(10-15(17)18-4-2)9-12-5-6-13-14(8-12)20-11-19-13/h5-6,8H,3-4,7,9-11H2,1-2H3. The van der Waals surface area contributed by atoms with Gasteiger partial charge in [0, 0.05) is 6.54 Å². The van der Waals surface area contributed by atoms with Gasteiger partial charge in [-0.05, 0) is 37.6 Å². The number of carbonyl (C=O) groups is 1. The maximum atomic E-state index is 11.6. The van der Waals surface area contributed by atoms with Gasteiger partial charge in [0.15, 0.2) is 11.5 Å². The van der Waals surface area contributed by atoms with Gasteiger partial charge in [-0.2, -0.15) is 0 Å². The van der Waals surface area contributed by atoms with E-state index in [1.807, 2.05) is 25.1 Å². The second-order valence-corrected chi connectivity index (χ2v) is 4.70. The van der Waals surface area contributed by atoms with Crippen molar-refractivity contribution < 1.29 is 19.0 Å². The molecule has 0 saturated carbocycles. The van der Waals surface area contributed by atoms with Crippen LogP contribution in [-0.4, -0.2) is 37.4 Å². The van der Waals surface area contributed by atoms with Crippen LogP contribution in [-0.2, 0) is 16.1 Å². The summed E-state index contributed by atoms with van der Waals surface area (Å²) in [5, 5.41) is 0. The summed E-state index contributed by atoms with van der Waals surface area (Å²) in [6.45, 7) is 6.48. The van der Waals surface area contributed by atoms with Crippen LogP contribution < -0.4 is 9.47 Å². The van der Waals surface area contributed by atoms with Crippen molar-refractivity contribution in [3.63, 3.8) is 0 Å². The van der Waals surface area contributed by atoms with E-state index in [0.29, 0.717) is 19.7 Å². The molecule has 0 N–H and O–H groups in total. The minimum Gasteiger partial charge on any atom is -0.465 e. The fraction of sp³-hybridized carbons (Fsp3) is 0.533. The van der Waals surface area contributed by atoms with Crippen LogP contribution in [0.5, 0.6) is 11.5 Å². The van der Waals surface area contributed by atoms with Crippen molar-refractivity contribution in [1.29, 1.82) is 0 Å². The first-order chi connectivity index (χ1) is 9.72. The molecule has 5 heteroatoms. The Balaban J connectivity index is 1.98. The Morgan fingerprint density at radius 2 is 2.10 bits per heavy atom. The van der Waals surface area contributed by atoms with Crippen molar-refractivity contribution >= 4 is 5.97 Å². The number of ether oxygens (including phenoxy) is 3. The van der Waals surface area contributed by atoms with Crippen LogP contribution in [0, 0.1) is 0 Å². The van der Waals surface area contributed by atoms with Crippen molar-refractivity contribution in [3.8, 4) is 11.5 Å². The summed E-state index contributed by atoms with van der Waals surface area (Å²) in [5.41, 5.74) is 1.10. The Hall–Kier alpha value is -1.75. The molecule has 110 valence electrons. The van der Waals surface area contributed by atoms with E-state index in [9.17, 15) is 4.79 Å². The topological polar surface area (TPSA) is 48.0 Å². The van der Waals surface area contributed by atoms with E-state index in [0.717, 1.165) is 30.0 Å². The van der Waals surface area contributed by atoms with Crippen LogP contribution in [0.3, 0.4) is 0 Å². The zero-order valence-corrected chi connectivity index (χ0v) is 12.1. The Bertz CT molecular complexity index is 461. The summed E-state index contributed by atoms with van der Waals surface area (Å²) in [5.74, 6) is 1.37. The van der Waals surface area contributed by atoms with Crippen LogP contribution >= 0.6 is 0 Å². The van der Waals surface area contributed by atoms with Crippen molar-refractivity contribution in [2.24, 2.45) is 0 Å². The average Bonchev–Trinajstić information content (AvgIpc) is 2.86. The number of hydrogen-bond acceptors (Lipinski definition) is 5. The molecular weight excluding hydrogens is 258 g/mol. The Morgan fingerprint density at radius 1 is 1.30 bits per heavy atom. The third-order valence-electron chi connectivity index (χ3n) is 3.04. The van der Waals surface area contributed by atoms with Gasteiger partial charge in [-0.15, -0.1) is 0 Å². The maximum absolute atomic E-state index is 11.6. The molecule has 0 atom stereocenters. The second kappa shape index (κ2) is 7.14. The summed E-state index contributed by atoms with van der Waals surface area (Å²) in [4.78, 5) is 13.7. The Labute approximate surface area is 119 Å². The molecule has 0 bridgehead atoms. The fourth-order valence-corrected chi connectivity index (χ4v) is 2.22. The normalized spacial score (nSPS) is 12.8. The van der Waals surface area contributed by atoms with Crippen LogP contribution in [0.4, 0.5) is 0 Å². The smallest absolute Gasteiger partial charge is 0.320 e. The summed E-state index contributed by atoms with van der Waals surface area (Å²) in [6.07, 6.45) is 0.990. The van der Waals surface area contributed by atoms with Gasteiger partial charge in [-0.25, -0.2) is 0 Å². The molecule has 1 aliphatic rings. The number of fused-ring (bicyclic) bond motifs is 1. The lowest BCUT2D eigenvalue weighted by atomic mass is 10.2. The van der Waals surface area contributed by atoms with Gasteiger partial charge in [-0.3, -0.25) is 9.69 Å². The summed E-state index contributed by atoms with van der Waals surface area (Å²) in [6, 6.07) is 5.88. The van der Waals surface area contributed by atoms with Crippen molar-refractivity contribution in [3.05, 3.63) is 23.8 Å². The van der Waals surface area contributed by atoms with E-state index in [2.05, 4.69) is 11.8 Å². The first kappa shape index (κ1) is 14.7. The Kier molecular flexibility index (Phi) is 5.24. The van der Waals surface area contributed by atoms with Crippen LogP contribution in [0.25, 0.3) is 0 Å². The second-order valence-electron chi connectivity index (χ2n) is 4.70. The first-order valence-corrected chi connectivity index (χ1v) is 6.99. The van der Waals surface area contributed by atoms with E-state index in [4.69, 9.17) is 14.2 Å². The highest BCUT2D eigenvalue weighted by Gasteiger charge is 2.16. The van der Waals surface area contributed by atoms with Gasteiger partial charge in [-0.1, -0.05) is 13.0 Å². The van der Waals surface area contributed by atoms with E-state index in [-0.39, 0.29) is 12.8 Å². The fourth-order valence-electron chi connectivity index (χ4n) is 2.22. The molecule has 0 amide bonds. The maximum Gasteiger partial charge on any atom is 0.320 e. The molecule has 1 aromatic rings. The number of benzene rings is 1. The molecule has 0 aromatic heterocycles. The summed E-state index contributed by atoms with van der Waals surface area (Å²) >= 11 is 0. The molecule has 1 aromatic carbocycles. The van der Waals surface area contributed by atoms with Gasteiger partial charge >= 0.3 is 5.97 Å². The Morgan fingerprint density at radius 3 is 2.85 bits per heavy atom. The largest absolute Gasteiger partial charge is 0.465 e. The van der Waals surface area contributed by atoms with Crippen LogP contribution in [0.15, 0.2) is 18.2 Å². The number of carbonyl (C=O) groups excluding carboxylic acids is 1. The number of esters is 1. The molecule has 20 heavy (non-hydrogen) atoms. The lowest BCUT2D eigenvalue weighted by Gasteiger charge is -2.20. The monoisotopic (exact) mass is 279 g/mol. The molecule has 0 fully saturated rings. The predicted molar refractivity (Wildman–Crippen MR) is 74.8 cm³/mol. The highest BCUT2D eigenvalue weighted by Crippen LogP contribution is 2.32. The molecule has 2 rings (SSSR count). The lowest BCUT2D eigenvalue weighted by molar-refractivity contribution is -0.144. The van der Waals surface area contributed by atoms with Crippen molar-refractivity contribution in [2.45, 2.75) is 26.8 Å². The zero-order chi connectivity index (χ0) is 14.4. The predicted octanol–water partition coefficient (Wildman–Crippen LogP) is 2.19. The summed E-state index contributed by atoms with van der Waals surface area (Å²) in [7, 11) is 0. The molecule has 1 aliphatic heterocycles. The third kappa shape index (κ3) is 3.87. The molecular formula is C15H21NO4. The van der Waals surface area contributed by atoms with E-state index < -0.39 is 0 Å². The minimum atomic E-state index is -0.179. The average molecular weight is 279 g/mol. The molecule has 0 aliphatic carbocycles. The number of hydrogen-bond donors (Lipinski definition) is 0. The van der Waals surface area contributed by atoms with Crippen LogP contribution in [0.1, 0.15) is 25.8 Å².